The monoisotopic (exact) mass is 373 g/mol. The van der Waals surface area contributed by atoms with Gasteiger partial charge < -0.3 is 15.5 Å². The quantitative estimate of drug-likeness (QED) is 0.498. The molecule has 0 bridgehead atoms. The van der Waals surface area contributed by atoms with Crippen LogP contribution in [0.1, 0.15) is 32.1 Å². The van der Waals surface area contributed by atoms with Crippen molar-refractivity contribution in [1.82, 2.24) is 19.8 Å². The van der Waals surface area contributed by atoms with Crippen molar-refractivity contribution in [1.29, 1.82) is 0 Å². The minimum absolute atomic E-state index is 0.163. The van der Waals surface area contributed by atoms with Gasteiger partial charge in [-0.2, -0.15) is 0 Å². The van der Waals surface area contributed by atoms with Gasteiger partial charge in [-0.3, -0.25) is 9.79 Å². The van der Waals surface area contributed by atoms with E-state index in [2.05, 4.69) is 15.6 Å². The van der Waals surface area contributed by atoms with Gasteiger partial charge in [0.1, 0.15) is 0 Å². The summed E-state index contributed by atoms with van der Waals surface area (Å²) in [5.74, 6) is 1.01. The van der Waals surface area contributed by atoms with Crippen LogP contribution >= 0.6 is 0 Å². The van der Waals surface area contributed by atoms with Gasteiger partial charge in [-0.25, -0.2) is 12.7 Å². The number of amides is 1. The molecule has 2 fully saturated rings. The number of sulfonamides is 1. The molecule has 1 saturated carbocycles. The summed E-state index contributed by atoms with van der Waals surface area (Å²) in [5.41, 5.74) is -0.362. The Morgan fingerprint density at radius 2 is 1.88 bits per heavy atom. The molecule has 1 saturated heterocycles. The Hall–Kier alpha value is -1.35. The fraction of sp³-hybridized carbons (Fsp3) is 0.875. The highest BCUT2D eigenvalue weighted by Gasteiger charge is 2.42. The third-order valence-electron chi connectivity index (χ3n) is 5.10. The van der Waals surface area contributed by atoms with Gasteiger partial charge in [0.2, 0.25) is 15.9 Å². The molecule has 1 aliphatic carbocycles. The molecular weight excluding hydrogens is 342 g/mol. The maximum absolute atomic E-state index is 12.6. The first-order chi connectivity index (χ1) is 11.8. The van der Waals surface area contributed by atoms with E-state index < -0.39 is 10.0 Å². The molecule has 1 heterocycles. The zero-order chi connectivity index (χ0) is 18.5. The van der Waals surface area contributed by atoms with Gasteiger partial charge in [-0.15, -0.1) is 0 Å². The SMILES string of the molecule is CN=C(NCCN1CCCS1(=O)=O)NCC1(C(=O)N(C)C)CCCC1. The fourth-order valence-electron chi connectivity index (χ4n) is 3.71. The van der Waals surface area contributed by atoms with Gasteiger partial charge in [0.25, 0.3) is 0 Å². The Balaban J connectivity index is 1.84. The fourth-order valence-corrected chi connectivity index (χ4v) is 5.24. The summed E-state index contributed by atoms with van der Waals surface area (Å²) in [5, 5.41) is 6.41. The Labute approximate surface area is 151 Å². The molecule has 2 rings (SSSR count). The molecule has 2 N–H and O–H groups in total. The maximum atomic E-state index is 12.6. The number of hydrogen-bond donors (Lipinski definition) is 2. The Kier molecular flexibility index (Phi) is 6.67. The van der Waals surface area contributed by atoms with Crippen LogP contribution in [-0.2, 0) is 14.8 Å². The Morgan fingerprint density at radius 3 is 2.40 bits per heavy atom. The minimum Gasteiger partial charge on any atom is -0.355 e. The molecule has 0 aromatic carbocycles. The number of hydrogen-bond acceptors (Lipinski definition) is 4. The van der Waals surface area contributed by atoms with Crippen molar-refractivity contribution in [2.75, 3.05) is 53.1 Å². The molecule has 1 amide bonds. The summed E-state index contributed by atoms with van der Waals surface area (Å²) in [4.78, 5) is 18.4. The third kappa shape index (κ3) is 4.84. The summed E-state index contributed by atoms with van der Waals surface area (Å²) in [6, 6.07) is 0. The van der Waals surface area contributed by atoms with Crippen molar-refractivity contribution < 1.29 is 13.2 Å². The molecular formula is C16H31N5O3S. The van der Waals surface area contributed by atoms with E-state index in [0.717, 1.165) is 25.7 Å². The number of rotatable bonds is 6. The Bertz CT molecular complexity index is 597. The topological polar surface area (TPSA) is 94.1 Å². The van der Waals surface area contributed by atoms with Crippen molar-refractivity contribution in [3.63, 3.8) is 0 Å². The zero-order valence-electron chi connectivity index (χ0n) is 15.5. The van der Waals surface area contributed by atoms with E-state index in [0.29, 0.717) is 38.6 Å². The standard InChI is InChI=1S/C16H31N5O3S/c1-17-15(18-9-11-21-10-6-12-25(21,23)24)19-13-16(7-4-5-8-16)14(22)20(2)3/h4-13H2,1-3H3,(H2,17,18,19). The first-order valence-electron chi connectivity index (χ1n) is 8.95. The molecule has 0 unspecified atom stereocenters. The van der Waals surface area contributed by atoms with Gasteiger partial charge in [-0.05, 0) is 19.3 Å². The van der Waals surface area contributed by atoms with Crippen molar-refractivity contribution in [3.05, 3.63) is 0 Å². The van der Waals surface area contributed by atoms with Crippen LogP contribution in [0.15, 0.2) is 4.99 Å². The van der Waals surface area contributed by atoms with Crippen molar-refractivity contribution in [2.45, 2.75) is 32.1 Å². The van der Waals surface area contributed by atoms with Gasteiger partial charge in [0.05, 0.1) is 11.2 Å². The molecule has 0 atom stereocenters. The molecule has 25 heavy (non-hydrogen) atoms. The van der Waals surface area contributed by atoms with Crippen LogP contribution in [0.25, 0.3) is 0 Å². The van der Waals surface area contributed by atoms with E-state index >= 15 is 0 Å². The minimum atomic E-state index is -3.06. The summed E-state index contributed by atoms with van der Waals surface area (Å²) >= 11 is 0. The van der Waals surface area contributed by atoms with Crippen LogP contribution in [0.3, 0.4) is 0 Å². The van der Waals surface area contributed by atoms with Crippen molar-refractivity contribution in [2.24, 2.45) is 10.4 Å². The summed E-state index contributed by atoms with van der Waals surface area (Å²) < 4.78 is 25.1. The average molecular weight is 374 g/mol. The highest BCUT2D eigenvalue weighted by Crippen LogP contribution is 2.38. The zero-order valence-corrected chi connectivity index (χ0v) is 16.4. The van der Waals surface area contributed by atoms with Crippen molar-refractivity contribution in [3.8, 4) is 0 Å². The Morgan fingerprint density at radius 1 is 1.20 bits per heavy atom. The summed E-state index contributed by atoms with van der Waals surface area (Å²) in [6.45, 7) is 2.07. The van der Waals surface area contributed by atoms with Crippen LogP contribution in [0.5, 0.6) is 0 Å². The van der Waals surface area contributed by atoms with E-state index in [-0.39, 0.29) is 17.1 Å². The van der Waals surface area contributed by atoms with Crippen molar-refractivity contribution >= 4 is 21.9 Å². The van der Waals surface area contributed by atoms with Gasteiger partial charge in [0, 0.05) is 47.3 Å². The number of nitrogens with zero attached hydrogens (tertiary/aromatic N) is 3. The molecule has 0 radical (unpaired) electrons. The van der Waals surface area contributed by atoms with E-state index in [1.165, 1.54) is 4.31 Å². The largest absolute Gasteiger partial charge is 0.355 e. The smallest absolute Gasteiger partial charge is 0.230 e. The lowest BCUT2D eigenvalue weighted by Crippen LogP contribution is -2.50. The van der Waals surface area contributed by atoms with Crippen LogP contribution in [0, 0.1) is 5.41 Å². The lowest BCUT2D eigenvalue weighted by Gasteiger charge is -2.31. The van der Waals surface area contributed by atoms with E-state index in [4.69, 9.17) is 0 Å². The second-order valence-corrected chi connectivity index (χ2v) is 9.20. The van der Waals surface area contributed by atoms with Crippen LogP contribution in [0.4, 0.5) is 0 Å². The number of aliphatic imine (C=N–C) groups is 1. The molecule has 1 aliphatic heterocycles. The number of guanidine groups is 1. The summed E-state index contributed by atoms with van der Waals surface area (Å²) in [7, 11) is 2.21. The second-order valence-electron chi connectivity index (χ2n) is 7.11. The molecule has 0 spiro atoms. The average Bonchev–Trinajstić information content (AvgIpc) is 3.17. The molecule has 144 valence electrons. The lowest BCUT2D eigenvalue weighted by molar-refractivity contribution is -0.138. The predicted octanol–water partition coefficient (Wildman–Crippen LogP) is -0.164. The van der Waals surface area contributed by atoms with E-state index in [1.807, 2.05) is 0 Å². The van der Waals surface area contributed by atoms with Crippen LogP contribution in [0.2, 0.25) is 0 Å². The first kappa shape index (κ1) is 20.0. The van der Waals surface area contributed by atoms with E-state index in [9.17, 15) is 13.2 Å². The van der Waals surface area contributed by atoms with Gasteiger partial charge >= 0.3 is 0 Å². The predicted molar refractivity (Wildman–Crippen MR) is 98.9 cm³/mol. The molecule has 9 heteroatoms. The van der Waals surface area contributed by atoms with Crippen LogP contribution < -0.4 is 10.6 Å². The lowest BCUT2D eigenvalue weighted by atomic mass is 9.84. The first-order valence-corrected chi connectivity index (χ1v) is 10.6. The number of carbonyl (C=O) groups is 1. The number of nitrogens with one attached hydrogen (secondary N) is 2. The van der Waals surface area contributed by atoms with E-state index in [1.54, 1.807) is 26.0 Å². The van der Waals surface area contributed by atoms with Gasteiger partial charge in [0.15, 0.2) is 5.96 Å². The molecule has 2 aliphatic rings. The maximum Gasteiger partial charge on any atom is 0.230 e. The normalized spacial score (nSPS) is 22.8. The molecule has 0 aromatic heterocycles. The highest BCUT2D eigenvalue weighted by molar-refractivity contribution is 7.89. The number of carbonyl (C=O) groups excluding carboxylic acids is 1. The molecule has 0 aromatic rings. The second kappa shape index (κ2) is 8.35. The molecule has 8 nitrogen and oxygen atoms in total. The third-order valence-corrected chi connectivity index (χ3v) is 7.05. The van der Waals surface area contributed by atoms with Crippen LogP contribution in [-0.4, -0.2) is 82.6 Å². The van der Waals surface area contributed by atoms with Gasteiger partial charge in [-0.1, -0.05) is 12.8 Å². The summed E-state index contributed by atoms with van der Waals surface area (Å²) in [6.07, 6.45) is 4.62. The highest BCUT2D eigenvalue weighted by atomic mass is 32.2.